The van der Waals surface area contributed by atoms with Gasteiger partial charge in [0.05, 0.1) is 5.56 Å². The van der Waals surface area contributed by atoms with Gasteiger partial charge in [0.15, 0.2) is 0 Å². The number of benzene rings is 2. The SMILES string of the molecule is CC1Oc2c(C(=O)NC3CCN(Cc4ccccc4)C3)cccc2C1C. The number of amides is 1. The molecular weight excluding hydrogens is 324 g/mol. The number of carbonyl (C=O) groups is 1. The Morgan fingerprint density at radius 1 is 1.15 bits per heavy atom. The summed E-state index contributed by atoms with van der Waals surface area (Å²) in [6.07, 6.45) is 1.10. The molecule has 2 aliphatic heterocycles. The van der Waals surface area contributed by atoms with Gasteiger partial charge in [-0.2, -0.15) is 0 Å². The Hall–Kier alpha value is -2.33. The Morgan fingerprint density at radius 2 is 1.96 bits per heavy atom. The lowest BCUT2D eigenvalue weighted by molar-refractivity contribution is 0.0932. The van der Waals surface area contributed by atoms with E-state index in [0.29, 0.717) is 11.5 Å². The van der Waals surface area contributed by atoms with Gasteiger partial charge >= 0.3 is 0 Å². The Bertz CT molecular complexity index is 790. The van der Waals surface area contributed by atoms with Crippen LogP contribution in [0.4, 0.5) is 0 Å². The van der Waals surface area contributed by atoms with Gasteiger partial charge in [-0.1, -0.05) is 49.4 Å². The van der Waals surface area contributed by atoms with Crippen molar-refractivity contribution in [3.63, 3.8) is 0 Å². The number of fused-ring (bicyclic) bond motifs is 1. The summed E-state index contributed by atoms with van der Waals surface area (Å²) in [7, 11) is 0. The van der Waals surface area contributed by atoms with Crippen LogP contribution < -0.4 is 10.1 Å². The summed E-state index contributed by atoms with van der Waals surface area (Å²) in [5, 5.41) is 3.21. The lowest BCUT2D eigenvalue weighted by Gasteiger charge is -2.17. The maximum absolute atomic E-state index is 12.8. The number of hydrogen-bond donors (Lipinski definition) is 1. The molecule has 3 atom stereocenters. The summed E-state index contributed by atoms with van der Waals surface area (Å²) in [4.78, 5) is 15.2. The molecule has 0 aliphatic carbocycles. The minimum absolute atomic E-state index is 0.0188. The molecule has 136 valence electrons. The van der Waals surface area contributed by atoms with Crippen molar-refractivity contribution in [1.82, 2.24) is 10.2 Å². The lowest BCUT2D eigenvalue weighted by atomic mass is 9.96. The minimum Gasteiger partial charge on any atom is -0.489 e. The Balaban J connectivity index is 1.39. The topological polar surface area (TPSA) is 41.6 Å². The first-order chi connectivity index (χ1) is 12.6. The zero-order valence-electron chi connectivity index (χ0n) is 15.4. The van der Waals surface area contributed by atoms with Gasteiger partial charge in [-0.3, -0.25) is 9.69 Å². The fourth-order valence-corrected chi connectivity index (χ4v) is 3.96. The van der Waals surface area contributed by atoms with E-state index in [1.54, 1.807) is 0 Å². The summed E-state index contributed by atoms with van der Waals surface area (Å²) in [5.41, 5.74) is 3.12. The molecule has 2 aliphatic rings. The van der Waals surface area contributed by atoms with Crippen molar-refractivity contribution in [1.29, 1.82) is 0 Å². The number of nitrogens with zero attached hydrogens (tertiary/aromatic N) is 1. The quantitative estimate of drug-likeness (QED) is 0.916. The predicted octanol–water partition coefficient (Wildman–Crippen LogP) is 3.58. The summed E-state index contributed by atoms with van der Waals surface area (Å²) in [5.74, 6) is 1.07. The Labute approximate surface area is 155 Å². The van der Waals surface area contributed by atoms with Gasteiger partial charge in [0, 0.05) is 37.2 Å². The number of ether oxygens (including phenoxy) is 1. The third kappa shape index (κ3) is 3.34. The fraction of sp³-hybridized carbons (Fsp3) is 0.409. The molecule has 0 saturated carbocycles. The molecule has 2 heterocycles. The largest absolute Gasteiger partial charge is 0.489 e. The van der Waals surface area contributed by atoms with E-state index in [0.717, 1.165) is 37.4 Å². The van der Waals surface area contributed by atoms with Crippen LogP contribution in [0.3, 0.4) is 0 Å². The third-order valence-electron chi connectivity index (χ3n) is 5.65. The molecule has 0 bridgehead atoms. The van der Waals surface area contributed by atoms with Crippen LogP contribution in [0.2, 0.25) is 0 Å². The van der Waals surface area contributed by atoms with Crippen LogP contribution in [0.5, 0.6) is 5.75 Å². The average Bonchev–Trinajstić information content (AvgIpc) is 3.20. The second-order valence-corrected chi connectivity index (χ2v) is 7.52. The molecule has 1 amide bonds. The molecule has 0 aromatic heterocycles. The molecule has 2 aromatic rings. The molecule has 1 saturated heterocycles. The summed E-state index contributed by atoms with van der Waals surface area (Å²) >= 11 is 0. The van der Waals surface area contributed by atoms with Crippen molar-refractivity contribution >= 4 is 5.91 Å². The highest BCUT2D eigenvalue weighted by molar-refractivity contribution is 5.97. The van der Waals surface area contributed by atoms with Crippen molar-refractivity contribution < 1.29 is 9.53 Å². The second-order valence-electron chi connectivity index (χ2n) is 7.52. The number of nitrogens with one attached hydrogen (secondary N) is 1. The standard InChI is InChI=1S/C22H26N2O2/c1-15-16(2)26-21-19(15)9-6-10-20(21)22(25)23-18-11-12-24(14-18)13-17-7-4-3-5-8-17/h3-10,15-16,18H,11-14H2,1-2H3,(H,23,25). The highest BCUT2D eigenvalue weighted by Crippen LogP contribution is 2.40. The lowest BCUT2D eigenvalue weighted by Crippen LogP contribution is -2.37. The summed E-state index contributed by atoms with van der Waals surface area (Å²) in [6.45, 7) is 7.05. The van der Waals surface area contributed by atoms with E-state index in [1.165, 1.54) is 5.56 Å². The smallest absolute Gasteiger partial charge is 0.255 e. The number of carbonyl (C=O) groups excluding carboxylic acids is 1. The number of rotatable bonds is 4. The van der Waals surface area contributed by atoms with Gasteiger partial charge < -0.3 is 10.1 Å². The van der Waals surface area contributed by atoms with E-state index < -0.39 is 0 Å². The molecule has 4 heteroatoms. The normalized spacial score (nSPS) is 24.9. The highest BCUT2D eigenvalue weighted by atomic mass is 16.5. The van der Waals surface area contributed by atoms with Crippen LogP contribution in [0.25, 0.3) is 0 Å². The number of likely N-dealkylation sites (tertiary alicyclic amines) is 1. The maximum Gasteiger partial charge on any atom is 0.255 e. The first-order valence-corrected chi connectivity index (χ1v) is 9.48. The van der Waals surface area contributed by atoms with Crippen molar-refractivity contribution in [3.8, 4) is 5.75 Å². The average molecular weight is 350 g/mol. The van der Waals surface area contributed by atoms with Crippen molar-refractivity contribution in [2.24, 2.45) is 0 Å². The first kappa shape index (κ1) is 17.1. The highest BCUT2D eigenvalue weighted by Gasteiger charge is 2.32. The van der Waals surface area contributed by atoms with Gasteiger partial charge in [-0.15, -0.1) is 0 Å². The number of hydrogen-bond acceptors (Lipinski definition) is 3. The van der Waals surface area contributed by atoms with Gasteiger partial charge in [0.1, 0.15) is 11.9 Å². The Kier molecular flexibility index (Phi) is 4.68. The number of para-hydroxylation sites is 1. The van der Waals surface area contributed by atoms with E-state index in [9.17, 15) is 4.79 Å². The Morgan fingerprint density at radius 3 is 2.77 bits per heavy atom. The van der Waals surface area contributed by atoms with E-state index in [4.69, 9.17) is 4.74 Å². The first-order valence-electron chi connectivity index (χ1n) is 9.48. The van der Waals surface area contributed by atoms with Gasteiger partial charge in [0.2, 0.25) is 0 Å². The molecule has 4 rings (SSSR count). The predicted molar refractivity (Wildman–Crippen MR) is 103 cm³/mol. The molecule has 4 nitrogen and oxygen atoms in total. The van der Waals surface area contributed by atoms with Crippen molar-refractivity contribution in [3.05, 3.63) is 65.2 Å². The monoisotopic (exact) mass is 350 g/mol. The maximum atomic E-state index is 12.8. The van der Waals surface area contributed by atoms with E-state index in [1.807, 2.05) is 18.2 Å². The van der Waals surface area contributed by atoms with Crippen molar-refractivity contribution in [2.75, 3.05) is 13.1 Å². The van der Waals surface area contributed by atoms with Crippen LogP contribution in [0.1, 0.15) is 47.7 Å². The zero-order chi connectivity index (χ0) is 18.1. The molecule has 1 fully saturated rings. The van der Waals surface area contributed by atoms with Gasteiger partial charge in [-0.25, -0.2) is 0 Å². The van der Waals surface area contributed by atoms with Gasteiger partial charge in [0.25, 0.3) is 5.91 Å². The van der Waals surface area contributed by atoms with E-state index in [-0.39, 0.29) is 18.1 Å². The zero-order valence-corrected chi connectivity index (χ0v) is 15.4. The molecular formula is C22H26N2O2. The molecule has 0 radical (unpaired) electrons. The third-order valence-corrected chi connectivity index (χ3v) is 5.65. The van der Waals surface area contributed by atoms with E-state index >= 15 is 0 Å². The van der Waals surface area contributed by atoms with Crippen LogP contribution >= 0.6 is 0 Å². The second kappa shape index (κ2) is 7.12. The minimum atomic E-state index is -0.0188. The van der Waals surface area contributed by atoms with Crippen LogP contribution in [0.15, 0.2) is 48.5 Å². The molecule has 3 unspecified atom stereocenters. The van der Waals surface area contributed by atoms with Crippen molar-refractivity contribution in [2.45, 2.75) is 44.9 Å². The molecule has 0 spiro atoms. The summed E-state index contributed by atoms with van der Waals surface area (Å²) < 4.78 is 5.96. The van der Waals surface area contributed by atoms with Crippen LogP contribution in [-0.2, 0) is 6.54 Å². The van der Waals surface area contributed by atoms with Crippen LogP contribution in [0, 0.1) is 0 Å². The van der Waals surface area contributed by atoms with E-state index in [2.05, 4.69) is 54.4 Å². The fourth-order valence-electron chi connectivity index (χ4n) is 3.96. The molecule has 1 N–H and O–H groups in total. The molecule has 26 heavy (non-hydrogen) atoms. The molecule has 2 aromatic carbocycles. The van der Waals surface area contributed by atoms with Gasteiger partial charge in [-0.05, 0) is 25.0 Å². The summed E-state index contributed by atoms with van der Waals surface area (Å²) in [6, 6.07) is 16.6. The van der Waals surface area contributed by atoms with Crippen LogP contribution in [-0.4, -0.2) is 36.0 Å².